The van der Waals surface area contributed by atoms with Crippen LogP contribution in [0.5, 0.6) is 5.75 Å². The fourth-order valence-electron chi connectivity index (χ4n) is 2.34. The van der Waals surface area contributed by atoms with Gasteiger partial charge in [-0.3, -0.25) is 4.90 Å². The summed E-state index contributed by atoms with van der Waals surface area (Å²) < 4.78 is 10.5. The molecule has 5 heteroatoms. The zero-order chi connectivity index (χ0) is 14.5. The molecule has 2 aromatic rings. The summed E-state index contributed by atoms with van der Waals surface area (Å²) in [7, 11) is 1.66. The fraction of sp³-hybridized carbons (Fsp3) is 0.375. The second-order valence-electron chi connectivity index (χ2n) is 5.03. The highest BCUT2D eigenvalue weighted by Crippen LogP contribution is 2.19. The summed E-state index contributed by atoms with van der Waals surface area (Å²) >= 11 is 0. The molecule has 21 heavy (non-hydrogen) atoms. The first-order chi connectivity index (χ1) is 10.3. The molecule has 1 fully saturated rings. The maximum Gasteiger partial charge on any atom is 0.159 e. The Labute approximate surface area is 124 Å². The lowest BCUT2D eigenvalue weighted by Gasteiger charge is -2.26. The van der Waals surface area contributed by atoms with Crippen molar-refractivity contribution >= 4 is 0 Å². The van der Waals surface area contributed by atoms with E-state index in [9.17, 15) is 0 Å². The molecule has 1 aromatic heterocycles. The van der Waals surface area contributed by atoms with Crippen molar-refractivity contribution in [2.24, 2.45) is 0 Å². The number of hydrogen-bond donors (Lipinski definition) is 0. The van der Waals surface area contributed by atoms with Crippen LogP contribution < -0.4 is 4.74 Å². The second-order valence-corrected chi connectivity index (χ2v) is 5.03. The minimum absolute atomic E-state index is 0.739. The molecule has 0 radical (unpaired) electrons. The maximum atomic E-state index is 5.35. The summed E-state index contributed by atoms with van der Waals surface area (Å²) in [5, 5.41) is 0. The van der Waals surface area contributed by atoms with Crippen molar-refractivity contribution in [2.45, 2.75) is 6.54 Å². The van der Waals surface area contributed by atoms with Gasteiger partial charge in [-0.15, -0.1) is 0 Å². The number of morpholine rings is 1. The number of rotatable bonds is 4. The van der Waals surface area contributed by atoms with Gasteiger partial charge in [0.2, 0.25) is 0 Å². The molecule has 3 rings (SSSR count). The molecule has 0 unspecified atom stereocenters. The number of ether oxygens (including phenoxy) is 2. The van der Waals surface area contributed by atoms with Crippen LogP contribution in [0.4, 0.5) is 0 Å². The number of nitrogens with zero attached hydrogens (tertiary/aromatic N) is 3. The van der Waals surface area contributed by atoms with Crippen molar-refractivity contribution in [3.63, 3.8) is 0 Å². The number of hydrogen-bond acceptors (Lipinski definition) is 5. The highest BCUT2D eigenvalue weighted by molar-refractivity contribution is 5.55. The highest BCUT2D eigenvalue weighted by atomic mass is 16.5. The Hall–Kier alpha value is -1.98. The lowest BCUT2D eigenvalue weighted by Crippen LogP contribution is -2.35. The van der Waals surface area contributed by atoms with Gasteiger partial charge in [0, 0.05) is 43.2 Å². The summed E-state index contributed by atoms with van der Waals surface area (Å²) in [5.41, 5.74) is 2.13. The van der Waals surface area contributed by atoms with E-state index in [1.807, 2.05) is 36.7 Å². The van der Waals surface area contributed by atoms with E-state index in [1.54, 1.807) is 7.11 Å². The molecule has 0 aliphatic carbocycles. The maximum absolute atomic E-state index is 5.35. The van der Waals surface area contributed by atoms with Crippen molar-refractivity contribution in [2.75, 3.05) is 33.4 Å². The Morgan fingerprint density at radius 3 is 2.38 bits per heavy atom. The molecule has 0 saturated carbocycles. The predicted octanol–water partition coefficient (Wildman–Crippen LogP) is 1.98. The standard InChI is InChI=1S/C16H19N3O2/c1-20-15-4-2-14(3-5-15)16-17-10-13(11-18-16)12-19-6-8-21-9-7-19/h2-5,10-11H,6-9,12H2,1H3. The van der Waals surface area contributed by atoms with Crippen molar-refractivity contribution in [1.29, 1.82) is 0 Å². The van der Waals surface area contributed by atoms with Crippen LogP contribution in [-0.2, 0) is 11.3 Å². The molecule has 1 aliphatic rings. The highest BCUT2D eigenvalue weighted by Gasteiger charge is 2.11. The summed E-state index contributed by atoms with van der Waals surface area (Å²) in [6.07, 6.45) is 3.81. The minimum Gasteiger partial charge on any atom is -0.497 e. The van der Waals surface area contributed by atoms with E-state index in [4.69, 9.17) is 9.47 Å². The molecule has 2 heterocycles. The number of aromatic nitrogens is 2. The first-order valence-corrected chi connectivity index (χ1v) is 7.10. The van der Waals surface area contributed by atoms with E-state index in [0.717, 1.165) is 55.5 Å². The van der Waals surface area contributed by atoms with E-state index < -0.39 is 0 Å². The number of methoxy groups -OCH3 is 1. The molecule has 1 aliphatic heterocycles. The van der Waals surface area contributed by atoms with Crippen LogP contribution in [0.15, 0.2) is 36.7 Å². The Bertz CT molecular complexity index is 563. The molecule has 0 amide bonds. The van der Waals surface area contributed by atoms with Crippen LogP contribution in [0, 0.1) is 0 Å². The van der Waals surface area contributed by atoms with Gasteiger partial charge in [0.15, 0.2) is 5.82 Å². The van der Waals surface area contributed by atoms with E-state index in [1.165, 1.54) is 0 Å². The summed E-state index contributed by atoms with van der Waals surface area (Å²) in [6.45, 7) is 4.45. The van der Waals surface area contributed by atoms with Gasteiger partial charge in [-0.2, -0.15) is 0 Å². The average Bonchev–Trinajstić information content (AvgIpc) is 2.57. The van der Waals surface area contributed by atoms with E-state index in [0.29, 0.717) is 0 Å². The van der Waals surface area contributed by atoms with Crippen molar-refractivity contribution in [3.8, 4) is 17.1 Å². The summed E-state index contributed by atoms with van der Waals surface area (Å²) in [5.74, 6) is 1.58. The van der Waals surface area contributed by atoms with E-state index >= 15 is 0 Å². The van der Waals surface area contributed by atoms with Gasteiger partial charge in [-0.25, -0.2) is 9.97 Å². The predicted molar refractivity (Wildman–Crippen MR) is 80.1 cm³/mol. The third-order valence-corrected chi connectivity index (χ3v) is 3.56. The smallest absolute Gasteiger partial charge is 0.159 e. The Balaban J connectivity index is 1.67. The molecule has 5 nitrogen and oxygen atoms in total. The van der Waals surface area contributed by atoms with Crippen LogP contribution in [0.2, 0.25) is 0 Å². The van der Waals surface area contributed by atoms with Crippen LogP contribution in [0.3, 0.4) is 0 Å². The quantitative estimate of drug-likeness (QED) is 0.859. The molecule has 0 N–H and O–H groups in total. The molecule has 0 atom stereocenters. The van der Waals surface area contributed by atoms with E-state index in [-0.39, 0.29) is 0 Å². The molecule has 0 spiro atoms. The lowest BCUT2D eigenvalue weighted by atomic mass is 10.2. The summed E-state index contributed by atoms with van der Waals surface area (Å²) in [6, 6.07) is 7.77. The third-order valence-electron chi connectivity index (χ3n) is 3.56. The second kappa shape index (κ2) is 6.65. The van der Waals surface area contributed by atoms with Crippen LogP contribution in [0.1, 0.15) is 5.56 Å². The zero-order valence-electron chi connectivity index (χ0n) is 12.2. The molecule has 110 valence electrons. The van der Waals surface area contributed by atoms with Gasteiger partial charge in [0.05, 0.1) is 20.3 Å². The van der Waals surface area contributed by atoms with Gasteiger partial charge in [0.1, 0.15) is 5.75 Å². The Morgan fingerprint density at radius 2 is 1.76 bits per heavy atom. The van der Waals surface area contributed by atoms with Gasteiger partial charge < -0.3 is 9.47 Å². The normalized spacial score (nSPS) is 15.9. The first-order valence-electron chi connectivity index (χ1n) is 7.10. The largest absolute Gasteiger partial charge is 0.497 e. The van der Waals surface area contributed by atoms with Crippen molar-refractivity contribution < 1.29 is 9.47 Å². The zero-order valence-corrected chi connectivity index (χ0v) is 12.2. The molecule has 1 saturated heterocycles. The van der Waals surface area contributed by atoms with Gasteiger partial charge >= 0.3 is 0 Å². The Morgan fingerprint density at radius 1 is 1.10 bits per heavy atom. The van der Waals surface area contributed by atoms with Gasteiger partial charge in [0.25, 0.3) is 0 Å². The van der Waals surface area contributed by atoms with Crippen LogP contribution >= 0.6 is 0 Å². The molecule has 1 aromatic carbocycles. The summed E-state index contributed by atoms with van der Waals surface area (Å²) in [4.78, 5) is 11.3. The SMILES string of the molecule is COc1ccc(-c2ncc(CN3CCOCC3)cn2)cc1. The Kier molecular flexibility index (Phi) is 4.43. The monoisotopic (exact) mass is 285 g/mol. The third kappa shape index (κ3) is 3.56. The lowest BCUT2D eigenvalue weighted by molar-refractivity contribution is 0.0341. The van der Waals surface area contributed by atoms with Crippen LogP contribution in [-0.4, -0.2) is 48.3 Å². The minimum atomic E-state index is 0.739. The molecular formula is C16H19N3O2. The topological polar surface area (TPSA) is 47.5 Å². The van der Waals surface area contributed by atoms with E-state index in [2.05, 4.69) is 14.9 Å². The van der Waals surface area contributed by atoms with Crippen LogP contribution in [0.25, 0.3) is 11.4 Å². The molecular weight excluding hydrogens is 266 g/mol. The first kappa shape index (κ1) is 14.0. The molecule has 0 bridgehead atoms. The average molecular weight is 285 g/mol. The van der Waals surface area contributed by atoms with Gasteiger partial charge in [-0.05, 0) is 24.3 Å². The fourth-order valence-corrected chi connectivity index (χ4v) is 2.34. The number of benzene rings is 1. The van der Waals surface area contributed by atoms with Gasteiger partial charge in [-0.1, -0.05) is 0 Å². The van der Waals surface area contributed by atoms with Crippen molar-refractivity contribution in [3.05, 3.63) is 42.2 Å². The van der Waals surface area contributed by atoms with Crippen molar-refractivity contribution in [1.82, 2.24) is 14.9 Å².